The van der Waals surface area contributed by atoms with Gasteiger partial charge >= 0.3 is 0 Å². The average Bonchev–Trinajstić information content (AvgIpc) is 2.97. The van der Waals surface area contributed by atoms with Gasteiger partial charge < -0.3 is 21.1 Å². The van der Waals surface area contributed by atoms with Crippen molar-refractivity contribution in [1.82, 2.24) is 9.97 Å². The highest BCUT2D eigenvalue weighted by molar-refractivity contribution is 8.93. The molecule has 134 valence electrons. The largest absolute Gasteiger partial charge is 0.390 e. The third kappa shape index (κ3) is 2.56. The topological polar surface area (TPSA) is 104 Å². The van der Waals surface area contributed by atoms with Gasteiger partial charge in [-0.3, -0.25) is 4.79 Å². The van der Waals surface area contributed by atoms with Crippen molar-refractivity contribution in [2.45, 2.75) is 43.7 Å². The summed E-state index contributed by atoms with van der Waals surface area (Å²) in [6.07, 6.45) is 8.42. The summed E-state index contributed by atoms with van der Waals surface area (Å²) in [6.45, 7) is 0. The van der Waals surface area contributed by atoms with Crippen LogP contribution in [0, 0.1) is 17.8 Å². The van der Waals surface area contributed by atoms with Crippen LogP contribution in [0.1, 0.15) is 42.5 Å². The zero-order valence-electron chi connectivity index (χ0n) is 13.9. The molecule has 4 fully saturated rings. The van der Waals surface area contributed by atoms with Crippen LogP contribution in [0.4, 0.5) is 5.69 Å². The van der Waals surface area contributed by atoms with Gasteiger partial charge in [0.05, 0.1) is 16.9 Å². The number of pyridine rings is 1. The van der Waals surface area contributed by atoms with Crippen molar-refractivity contribution in [2.24, 2.45) is 23.5 Å². The van der Waals surface area contributed by atoms with Crippen LogP contribution in [0.15, 0.2) is 18.5 Å². The Kier molecular flexibility index (Phi) is 3.85. The van der Waals surface area contributed by atoms with Crippen LogP contribution >= 0.6 is 17.0 Å². The van der Waals surface area contributed by atoms with Crippen LogP contribution in [-0.2, 0) is 0 Å². The number of amides is 1. The fraction of sp³-hybridized carbons (Fsp3) is 0.556. The molecule has 0 aromatic carbocycles. The Bertz CT molecular complexity index is 820. The molecule has 0 saturated heterocycles. The summed E-state index contributed by atoms with van der Waals surface area (Å²) in [5.74, 6) is 1.12. The first-order valence-electron chi connectivity index (χ1n) is 8.77. The smallest absolute Gasteiger partial charge is 0.252 e. The number of carbonyl (C=O) groups is 1. The predicted molar refractivity (Wildman–Crippen MR) is 101 cm³/mol. The molecule has 1 unspecified atom stereocenters. The average molecular weight is 407 g/mol. The van der Waals surface area contributed by atoms with Crippen molar-refractivity contribution in [1.29, 1.82) is 0 Å². The minimum atomic E-state index is -0.462. The molecule has 4 aliphatic rings. The van der Waals surface area contributed by atoms with Gasteiger partial charge in [-0.15, -0.1) is 17.0 Å². The van der Waals surface area contributed by atoms with E-state index in [0.717, 1.165) is 36.0 Å². The van der Waals surface area contributed by atoms with Crippen LogP contribution in [0.2, 0.25) is 0 Å². The summed E-state index contributed by atoms with van der Waals surface area (Å²) >= 11 is 0. The molecule has 5 atom stereocenters. The summed E-state index contributed by atoms with van der Waals surface area (Å²) in [5, 5.41) is 15.3. The second-order valence-electron chi connectivity index (χ2n) is 8.02. The normalized spacial score (nSPS) is 35.6. The number of aromatic amines is 1. The van der Waals surface area contributed by atoms with Gasteiger partial charge in [0.2, 0.25) is 0 Å². The molecular formula is C18H23BrN4O2. The van der Waals surface area contributed by atoms with Crippen LogP contribution < -0.4 is 11.1 Å². The van der Waals surface area contributed by atoms with Crippen LogP contribution in [0.3, 0.4) is 0 Å². The van der Waals surface area contributed by atoms with Gasteiger partial charge in [0.15, 0.2) is 0 Å². The fourth-order valence-electron chi connectivity index (χ4n) is 5.73. The quantitative estimate of drug-likeness (QED) is 0.628. The molecule has 6 rings (SSSR count). The Morgan fingerprint density at radius 1 is 1.32 bits per heavy atom. The van der Waals surface area contributed by atoms with Crippen LogP contribution in [0.5, 0.6) is 0 Å². The number of aliphatic hydroxyl groups is 1. The Morgan fingerprint density at radius 3 is 2.68 bits per heavy atom. The predicted octanol–water partition coefficient (Wildman–Crippen LogP) is 2.59. The second kappa shape index (κ2) is 5.71. The van der Waals surface area contributed by atoms with E-state index in [1.54, 1.807) is 6.20 Å². The Balaban J connectivity index is 0.00000157. The van der Waals surface area contributed by atoms with E-state index in [4.69, 9.17) is 5.73 Å². The third-order valence-electron chi connectivity index (χ3n) is 6.40. The number of anilines is 1. The highest BCUT2D eigenvalue weighted by atomic mass is 79.9. The third-order valence-corrected chi connectivity index (χ3v) is 6.40. The monoisotopic (exact) mass is 406 g/mol. The number of nitrogens with one attached hydrogen (secondary N) is 2. The van der Waals surface area contributed by atoms with Crippen LogP contribution in [0.25, 0.3) is 11.0 Å². The lowest BCUT2D eigenvalue weighted by Gasteiger charge is -2.58. The number of primary amides is 1. The number of hydrogen-bond acceptors (Lipinski definition) is 4. The number of H-pyrrole nitrogens is 1. The molecule has 7 heteroatoms. The van der Waals surface area contributed by atoms with Crippen molar-refractivity contribution >= 4 is 39.6 Å². The van der Waals surface area contributed by atoms with E-state index in [9.17, 15) is 9.90 Å². The van der Waals surface area contributed by atoms with Gasteiger partial charge in [-0.2, -0.15) is 0 Å². The van der Waals surface area contributed by atoms with E-state index in [-0.39, 0.29) is 17.0 Å². The van der Waals surface area contributed by atoms with Gasteiger partial charge in [0, 0.05) is 23.8 Å². The van der Waals surface area contributed by atoms with Gasteiger partial charge in [-0.25, -0.2) is 4.98 Å². The second-order valence-corrected chi connectivity index (χ2v) is 8.02. The van der Waals surface area contributed by atoms with Gasteiger partial charge in [-0.05, 0) is 55.9 Å². The molecule has 1 amide bonds. The van der Waals surface area contributed by atoms with Gasteiger partial charge in [-0.1, -0.05) is 0 Å². The number of nitrogens with zero attached hydrogens (tertiary/aromatic N) is 1. The molecule has 4 bridgehead atoms. The van der Waals surface area contributed by atoms with Crippen molar-refractivity contribution in [2.75, 3.05) is 5.32 Å². The lowest BCUT2D eigenvalue weighted by Crippen LogP contribution is -2.59. The molecule has 25 heavy (non-hydrogen) atoms. The zero-order chi connectivity index (χ0) is 16.5. The number of hydrogen-bond donors (Lipinski definition) is 4. The number of nitrogens with two attached hydrogens (primary N) is 1. The highest BCUT2D eigenvalue weighted by Crippen LogP contribution is 2.56. The number of fused-ring (bicyclic) bond motifs is 1. The molecule has 0 radical (unpaired) electrons. The Labute approximate surface area is 156 Å². The van der Waals surface area contributed by atoms with Crippen molar-refractivity contribution in [3.8, 4) is 0 Å². The molecule has 4 saturated carbocycles. The summed E-state index contributed by atoms with van der Waals surface area (Å²) in [7, 11) is 0. The number of rotatable bonds is 3. The lowest BCUT2D eigenvalue weighted by atomic mass is 9.52. The van der Waals surface area contributed by atoms with Crippen LogP contribution in [-0.4, -0.2) is 32.6 Å². The molecule has 0 aliphatic heterocycles. The minimum absolute atomic E-state index is 0. The Hall–Kier alpha value is -1.60. The molecule has 6 nitrogen and oxygen atoms in total. The van der Waals surface area contributed by atoms with E-state index in [0.29, 0.717) is 29.4 Å². The zero-order valence-corrected chi connectivity index (χ0v) is 15.6. The molecule has 5 N–H and O–H groups in total. The molecule has 4 aliphatic carbocycles. The summed E-state index contributed by atoms with van der Waals surface area (Å²) in [5.41, 5.74) is 7.10. The van der Waals surface area contributed by atoms with E-state index >= 15 is 0 Å². The SMILES string of the molecule is Br.NC(=O)c1cnc2[nH]ccc2c1N[C@@H]1[C@@H]2CC3C[C@H]1C[C@@](O)(C3)C2. The van der Waals surface area contributed by atoms with Gasteiger partial charge in [0.25, 0.3) is 5.91 Å². The highest BCUT2D eigenvalue weighted by Gasteiger charge is 2.54. The minimum Gasteiger partial charge on any atom is -0.390 e. The summed E-state index contributed by atoms with van der Waals surface area (Å²) in [4.78, 5) is 19.3. The molecule has 2 heterocycles. The van der Waals surface area contributed by atoms with Crippen molar-refractivity contribution < 1.29 is 9.90 Å². The summed E-state index contributed by atoms with van der Waals surface area (Å²) < 4.78 is 0. The van der Waals surface area contributed by atoms with Crippen molar-refractivity contribution in [3.05, 3.63) is 24.0 Å². The maximum atomic E-state index is 11.9. The standard InChI is InChI=1S/C18H22N4O2.BrH/c19-16(23)13-8-21-17-12(1-2-20-17)15(13)22-14-10-3-9-4-11(14)7-18(24,5-9)6-10;/h1-2,8-11,14,24H,3-7H2,(H2,19,23)(H2,20,21,22);1H/t9?,10-,11+,14-,18-;. The van der Waals surface area contributed by atoms with E-state index < -0.39 is 11.5 Å². The fourth-order valence-corrected chi connectivity index (χ4v) is 5.73. The lowest BCUT2D eigenvalue weighted by molar-refractivity contribution is -0.129. The maximum absolute atomic E-state index is 11.9. The number of carbonyl (C=O) groups excluding carboxylic acids is 1. The summed E-state index contributed by atoms with van der Waals surface area (Å²) in [6, 6.07) is 2.22. The first-order chi connectivity index (χ1) is 11.5. The number of halogens is 1. The number of aromatic nitrogens is 2. The van der Waals surface area contributed by atoms with E-state index in [2.05, 4.69) is 15.3 Å². The molecule has 0 spiro atoms. The Morgan fingerprint density at radius 2 is 2.04 bits per heavy atom. The molecule has 2 aromatic rings. The maximum Gasteiger partial charge on any atom is 0.252 e. The molecular weight excluding hydrogens is 384 g/mol. The van der Waals surface area contributed by atoms with Gasteiger partial charge in [0.1, 0.15) is 5.65 Å². The van der Waals surface area contributed by atoms with E-state index in [1.807, 2.05) is 12.3 Å². The molecule has 2 aromatic heterocycles. The van der Waals surface area contributed by atoms with E-state index in [1.165, 1.54) is 12.8 Å². The van der Waals surface area contributed by atoms with Crippen molar-refractivity contribution in [3.63, 3.8) is 0 Å². The first kappa shape index (κ1) is 16.8. The first-order valence-corrected chi connectivity index (χ1v) is 8.77.